The van der Waals surface area contributed by atoms with E-state index < -0.39 is 31.2 Å². The number of hydrogen-bond donors (Lipinski definition) is 3. The van der Waals surface area contributed by atoms with E-state index in [0.717, 1.165) is 5.01 Å². The lowest BCUT2D eigenvalue weighted by Gasteiger charge is -2.42. The van der Waals surface area contributed by atoms with Gasteiger partial charge in [0.05, 0.1) is 0 Å². The quantitative estimate of drug-likeness (QED) is 0.427. The normalized spacial score (nSPS) is 26.8. The second-order valence-electron chi connectivity index (χ2n) is 6.68. The Morgan fingerprint density at radius 1 is 1.28 bits per heavy atom. The van der Waals surface area contributed by atoms with E-state index in [2.05, 4.69) is 0 Å². The van der Waals surface area contributed by atoms with E-state index >= 15 is 0 Å². The van der Waals surface area contributed by atoms with Crippen molar-refractivity contribution in [3.63, 3.8) is 0 Å². The molecule has 2 amide bonds. The summed E-state index contributed by atoms with van der Waals surface area (Å²) in [6, 6.07) is -1.10. The van der Waals surface area contributed by atoms with Crippen molar-refractivity contribution in [2.24, 2.45) is 11.7 Å². The highest BCUT2D eigenvalue weighted by atomic mass is 31.2. The molecule has 2 aliphatic heterocycles. The molecule has 0 aliphatic carbocycles. The lowest BCUT2D eigenvalue weighted by molar-refractivity contribution is -0.181. The minimum Gasteiger partial charge on any atom is -0.480 e. The number of hydrogen-bond acceptors (Lipinski definition) is 5. The van der Waals surface area contributed by atoms with E-state index in [1.165, 1.54) is 5.01 Å². The van der Waals surface area contributed by atoms with Crippen molar-refractivity contribution in [1.29, 1.82) is 0 Å². The zero-order valence-electron chi connectivity index (χ0n) is 14.2. The Bertz CT molecular complexity index is 584. The molecule has 10 heteroatoms. The minimum absolute atomic E-state index is 0.0715. The summed E-state index contributed by atoms with van der Waals surface area (Å²) in [4.78, 5) is 46.8. The van der Waals surface area contributed by atoms with Gasteiger partial charge >= 0.3 is 5.97 Å². The first kappa shape index (κ1) is 19.9. The fraction of sp³-hybridized carbons (Fsp3) is 0.800. The monoisotopic (exact) mass is 375 g/mol. The first-order chi connectivity index (χ1) is 11.8. The predicted molar refractivity (Wildman–Crippen MR) is 89.8 cm³/mol. The van der Waals surface area contributed by atoms with Gasteiger partial charge in [-0.1, -0.05) is 0 Å². The fourth-order valence-corrected chi connectivity index (χ4v) is 5.35. The van der Waals surface area contributed by atoms with Crippen LogP contribution in [0, 0.1) is 5.92 Å². The van der Waals surface area contributed by atoms with E-state index in [4.69, 9.17) is 5.73 Å². The van der Waals surface area contributed by atoms with Crippen molar-refractivity contribution in [1.82, 2.24) is 10.0 Å². The number of fused-ring (bicyclic) bond motifs is 1. The zero-order valence-corrected chi connectivity index (χ0v) is 15.1. The predicted octanol–water partition coefficient (Wildman–Crippen LogP) is 0.225. The molecule has 4 N–H and O–H groups in total. The molecule has 0 aromatic heterocycles. The van der Waals surface area contributed by atoms with E-state index in [1.807, 2.05) is 0 Å². The smallest absolute Gasteiger partial charge is 0.328 e. The number of aliphatic carboxylic acids is 1. The van der Waals surface area contributed by atoms with Crippen LogP contribution in [0.5, 0.6) is 0 Å². The summed E-state index contributed by atoms with van der Waals surface area (Å²) < 4.78 is 12.4. The van der Waals surface area contributed by atoms with Gasteiger partial charge in [0.25, 0.3) is 0 Å². The highest BCUT2D eigenvalue weighted by molar-refractivity contribution is 7.58. The molecule has 3 atom stereocenters. The molecule has 2 rings (SSSR count). The van der Waals surface area contributed by atoms with Crippen molar-refractivity contribution in [3.8, 4) is 0 Å². The Morgan fingerprint density at radius 2 is 2.00 bits per heavy atom. The van der Waals surface area contributed by atoms with Gasteiger partial charge in [0.2, 0.25) is 19.2 Å². The molecule has 142 valence electrons. The van der Waals surface area contributed by atoms with Crippen molar-refractivity contribution >= 4 is 25.2 Å². The molecule has 2 saturated heterocycles. The van der Waals surface area contributed by atoms with Crippen LogP contribution in [0.15, 0.2) is 0 Å². The number of carboxylic acids is 1. The summed E-state index contributed by atoms with van der Waals surface area (Å²) in [5.74, 6) is -2.83. The molecular weight excluding hydrogens is 349 g/mol. The van der Waals surface area contributed by atoms with Crippen molar-refractivity contribution in [3.05, 3.63) is 0 Å². The number of nitrogens with two attached hydrogens (primary N) is 1. The Labute approximate surface area is 146 Å². The Kier molecular flexibility index (Phi) is 6.59. The van der Waals surface area contributed by atoms with Crippen LogP contribution in [0.25, 0.3) is 0 Å². The molecule has 0 aromatic rings. The maximum absolute atomic E-state index is 12.9. The first-order valence-corrected chi connectivity index (χ1v) is 10.7. The highest BCUT2D eigenvalue weighted by Gasteiger charge is 2.45. The van der Waals surface area contributed by atoms with Crippen LogP contribution in [0.1, 0.15) is 38.5 Å². The number of rotatable bonds is 7. The topological polar surface area (TPSA) is 141 Å². The van der Waals surface area contributed by atoms with Crippen LogP contribution in [0.4, 0.5) is 0 Å². The van der Waals surface area contributed by atoms with Gasteiger partial charge in [-0.15, -0.1) is 0 Å². The number of carboxylic acid groups (broad SMARTS) is 1. The van der Waals surface area contributed by atoms with Gasteiger partial charge < -0.3 is 15.7 Å². The maximum atomic E-state index is 12.9. The molecule has 0 spiro atoms. The minimum atomic E-state index is -3.54. The summed E-state index contributed by atoms with van der Waals surface area (Å²) in [5, 5.41) is 11.6. The molecule has 9 nitrogen and oxygen atoms in total. The number of carbonyl (C=O) groups excluding carboxylic acids is 2. The van der Waals surface area contributed by atoms with Crippen LogP contribution in [0.3, 0.4) is 0 Å². The fourth-order valence-electron chi connectivity index (χ4n) is 3.42. The van der Waals surface area contributed by atoms with Gasteiger partial charge in [0.1, 0.15) is 0 Å². The molecule has 0 bridgehead atoms. The SMILES string of the molecule is NCCCCP(=O)(O)C[C@H]1CCC(=O)N2CCC[C@@H](C(=O)O)N2C1=O. The summed E-state index contributed by atoms with van der Waals surface area (Å²) in [5.41, 5.74) is 5.39. The number of amides is 2. The van der Waals surface area contributed by atoms with Crippen LogP contribution in [-0.4, -0.2) is 69.3 Å². The third kappa shape index (κ3) is 4.80. The number of carbonyl (C=O) groups is 3. The third-order valence-corrected chi connectivity index (χ3v) is 6.75. The van der Waals surface area contributed by atoms with Gasteiger partial charge in [0, 0.05) is 31.2 Å². The Balaban J connectivity index is 2.17. The molecule has 0 aromatic carbocycles. The number of nitrogens with zero attached hydrogens (tertiary/aromatic N) is 2. The first-order valence-electron chi connectivity index (χ1n) is 8.64. The zero-order chi connectivity index (χ0) is 18.6. The van der Waals surface area contributed by atoms with Crippen molar-refractivity contribution in [2.45, 2.75) is 44.6 Å². The third-order valence-electron chi connectivity index (χ3n) is 4.72. The lowest BCUT2D eigenvalue weighted by atomic mass is 10.0. The van der Waals surface area contributed by atoms with Gasteiger partial charge in [-0.3, -0.25) is 19.2 Å². The van der Waals surface area contributed by atoms with Crippen molar-refractivity contribution in [2.75, 3.05) is 25.4 Å². The van der Waals surface area contributed by atoms with Crippen molar-refractivity contribution < 1.29 is 28.9 Å². The van der Waals surface area contributed by atoms with E-state index in [9.17, 15) is 28.9 Å². The summed E-state index contributed by atoms with van der Waals surface area (Å²) in [6.07, 6.45) is 1.99. The molecule has 1 unspecified atom stereocenters. The van der Waals surface area contributed by atoms with E-state index in [0.29, 0.717) is 32.4 Å². The second kappa shape index (κ2) is 8.29. The van der Waals surface area contributed by atoms with Gasteiger partial charge in [0.15, 0.2) is 6.04 Å². The number of unbranched alkanes of at least 4 members (excludes halogenated alkanes) is 1. The molecule has 2 fully saturated rings. The van der Waals surface area contributed by atoms with Crippen LogP contribution in [-0.2, 0) is 18.9 Å². The average Bonchev–Trinajstić information content (AvgIpc) is 2.67. The average molecular weight is 375 g/mol. The van der Waals surface area contributed by atoms with Crippen LogP contribution in [0.2, 0.25) is 0 Å². The Morgan fingerprint density at radius 3 is 2.64 bits per heavy atom. The summed E-state index contributed by atoms with van der Waals surface area (Å²) in [6.45, 7) is 0.730. The summed E-state index contributed by atoms with van der Waals surface area (Å²) in [7, 11) is -3.54. The van der Waals surface area contributed by atoms with Crippen LogP contribution < -0.4 is 5.73 Å². The molecule has 2 heterocycles. The van der Waals surface area contributed by atoms with Gasteiger partial charge in [-0.25, -0.2) is 9.80 Å². The highest BCUT2D eigenvalue weighted by Crippen LogP contribution is 2.45. The molecule has 25 heavy (non-hydrogen) atoms. The van der Waals surface area contributed by atoms with Crippen LogP contribution >= 0.6 is 7.37 Å². The Hall–Kier alpha value is -1.44. The lowest BCUT2D eigenvalue weighted by Crippen LogP contribution is -2.60. The maximum Gasteiger partial charge on any atom is 0.328 e. The summed E-state index contributed by atoms with van der Waals surface area (Å²) >= 11 is 0. The second-order valence-corrected chi connectivity index (χ2v) is 9.18. The number of hydrazine groups is 1. The molecule has 0 saturated carbocycles. The largest absolute Gasteiger partial charge is 0.480 e. The van der Waals surface area contributed by atoms with Gasteiger partial charge in [-0.2, -0.15) is 0 Å². The molecular formula is C15H26N3O6P. The van der Waals surface area contributed by atoms with Gasteiger partial charge in [-0.05, 0) is 38.6 Å². The van der Waals surface area contributed by atoms with E-state index in [1.54, 1.807) is 0 Å². The molecule has 0 radical (unpaired) electrons. The molecule has 2 aliphatic rings. The van der Waals surface area contributed by atoms with E-state index in [-0.39, 0.29) is 37.5 Å². The standard InChI is InChI=1S/C15H26N3O6P/c16-7-1-2-9-25(23,24)10-11-5-6-13(19)17-8-3-4-12(15(21)22)18(17)14(11)20/h11-12H,1-10,16H2,(H,21,22)(H,23,24)/t11-,12+/m1/s1.